The van der Waals surface area contributed by atoms with Gasteiger partial charge in [0, 0.05) is 29.4 Å². The molecule has 5 rings (SSSR count). The molecule has 0 spiro atoms. The minimum Gasteiger partial charge on any atom is -0.454 e. The summed E-state index contributed by atoms with van der Waals surface area (Å²) >= 11 is 0. The Bertz CT molecular complexity index is 943. The fourth-order valence-corrected chi connectivity index (χ4v) is 3.95. The summed E-state index contributed by atoms with van der Waals surface area (Å²) in [5, 5.41) is 3.64. The monoisotopic (exact) mass is 378 g/mol. The van der Waals surface area contributed by atoms with Crippen molar-refractivity contribution < 1.29 is 14.3 Å². The molecule has 1 saturated carbocycles. The number of fused-ring (bicyclic) bond motifs is 2. The molecule has 1 amide bonds. The maximum absolute atomic E-state index is 13.2. The van der Waals surface area contributed by atoms with Gasteiger partial charge in [0.1, 0.15) is 0 Å². The highest BCUT2D eigenvalue weighted by Gasteiger charge is 2.36. The molecule has 1 aliphatic carbocycles. The second-order valence-corrected chi connectivity index (χ2v) is 9.09. The van der Waals surface area contributed by atoms with E-state index in [4.69, 9.17) is 9.47 Å². The van der Waals surface area contributed by atoms with Crippen LogP contribution in [0.25, 0.3) is 0 Å². The van der Waals surface area contributed by atoms with Crippen LogP contribution in [0, 0.1) is 11.3 Å². The molecule has 5 nitrogen and oxygen atoms in total. The van der Waals surface area contributed by atoms with Gasteiger partial charge in [0.25, 0.3) is 0 Å². The number of amides is 1. The van der Waals surface area contributed by atoms with Crippen molar-refractivity contribution in [1.82, 2.24) is 0 Å². The molecule has 2 aromatic carbocycles. The molecule has 3 aliphatic rings. The van der Waals surface area contributed by atoms with Gasteiger partial charge in [-0.25, -0.2) is 0 Å². The summed E-state index contributed by atoms with van der Waals surface area (Å²) in [5.74, 6) is 1.71. The zero-order valence-corrected chi connectivity index (χ0v) is 16.6. The third kappa shape index (κ3) is 2.99. The van der Waals surface area contributed by atoms with Gasteiger partial charge in [0.05, 0.1) is 5.69 Å². The summed E-state index contributed by atoms with van der Waals surface area (Å²) in [4.78, 5) is 15.0. The van der Waals surface area contributed by atoms with E-state index in [0.717, 1.165) is 36.4 Å². The van der Waals surface area contributed by atoms with Crippen LogP contribution in [-0.4, -0.2) is 18.7 Å². The Balaban J connectivity index is 1.52. The highest BCUT2D eigenvalue weighted by atomic mass is 16.7. The third-order valence-corrected chi connectivity index (χ3v) is 5.91. The molecule has 2 aromatic rings. The summed E-state index contributed by atoms with van der Waals surface area (Å²) in [6.07, 6.45) is 2.91. The number of nitrogens with one attached hydrogen (secondary N) is 1. The van der Waals surface area contributed by atoms with Crippen molar-refractivity contribution in [2.45, 2.75) is 46.1 Å². The topological polar surface area (TPSA) is 50.8 Å². The van der Waals surface area contributed by atoms with Crippen molar-refractivity contribution in [3.8, 4) is 11.5 Å². The average Bonchev–Trinajstić information content (AvgIpc) is 3.24. The van der Waals surface area contributed by atoms with E-state index in [1.54, 1.807) is 0 Å². The van der Waals surface area contributed by atoms with Gasteiger partial charge in [-0.05, 0) is 60.6 Å². The fourth-order valence-electron chi connectivity index (χ4n) is 3.95. The van der Waals surface area contributed by atoms with Gasteiger partial charge < -0.3 is 14.8 Å². The Morgan fingerprint density at radius 1 is 1.04 bits per heavy atom. The molecule has 1 N–H and O–H groups in total. The SMILES string of the molecule is CC(C)(C)C1Cc2cc(N(C(=O)C3CC3)c3ccc4c(c3)OCO4)ccc2N1. The van der Waals surface area contributed by atoms with Crippen molar-refractivity contribution >= 4 is 23.0 Å². The largest absolute Gasteiger partial charge is 0.454 e. The van der Waals surface area contributed by atoms with Gasteiger partial charge in [-0.1, -0.05) is 20.8 Å². The summed E-state index contributed by atoms with van der Waals surface area (Å²) in [6, 6.07) is 12.5. The van der Waals surface area contributed by atoms with Crippen molar-refractivity contribution in [3.05, 3.63) is 42.0 Å². The Kier molecular flexibility index (Phi) is 3.83. The van der Waals surface area contributed by atoms with Crippen LogP contribution >= 0.6 is 0 Å². The van der Waals surface area contributed by atoms with E-state index in [-0.39, 0.29) is 24.0 Å². The maximum atomic E-state index is 13.2. The second-order valence-electron chi connectivity index (χ2n) is 9.09. The van der Waals surface area contributed by atoms with E-state index >= 15 is 0 Å². The van der Waals surface area contributed by atoms with Crippen LogP contribution in [0.15, 0.2) is 36.4 Å². The molecule has 2 aliphatic heterocycles. The molecule has 0 radical (unpaired) electrons. The Hall–Kier alpha value is -2.69. The molecule has 0 saturated heterocycles. The maximum Gasteiger partial charge on any atom is 0.234 e. The molecular weight excluding hydrogens is 352 g/mol. The van der Waals surface area contributed by atoms with E-state index in [1.165, 1.54) is 11.3 Å². The van der Waals surface area contributed by atoms with E-state index < -0.39 is 0 Å². The lowest BCUT2D eigenvalue weighted by molar-refractivity contribution is -0.119. The first kappa shape index (κ1) is 17.4. The highest BCUT2D eigenvalue weighted by Crippen LogP contribution is 2.43. The van der Waals surface area contributed by atoms with E-state index in [2.05, 4.69) is 38.2 Å². The van der Waals surface area contributed by atoms with Gasteiger partial charge in [0.15, 0.2) is 11.5 Å². The number of carbonyl (C=O) groups is 1. The number of nitrogens with zero attached hydrogens (tertiary/aromatic N) is 1. The van der Waals surface area contributed by atoms with E-state index in [0.29, 0.717) is 11.8 Å². The molecule has 0 aromatic heterocycles. The number of hydrogen-bond acceptors (Lipinski definition) is 4. The number of benzene rings is 2. The van der Waals surface area contributed by atoms with Crippen LogP contribution < -0.4 is 19.7 Å². The van der Waals surface area contributed by atoms with Crippen molar-refractivity contribution in [3.63, 3.8) is 0 Å². The zero-order valence-electron chi connectivity index (χ0n) is 16.6. The Morgan fingerprint density at radius 2 is 1.75 bits per heavy atom. The molecule has 1 atom stereocenters. The van der Waals surface area contributed by atoms with Crippen molar-refractivity contribution in [2.24, 2.45) is 11.3 Å². The summed E-state index contributed by atoms with van der Waals surface area (Å²) < 4.78 is 11.0. The minimum absolute atomic E-state index is 0.124. The standard InChI is InChI=1S/C23H26N2O3/c1-23(2,3)21-11-15-10-16(6-8-18(15)24-21)25(22(26)14-4-5-14)17-7-9-19-20(12-17)28-13-27-19/h6-10,12,14,21,24H,4-5,11,13H2,1-3H3. The fraction of sp³-hybridized carbons (Fsp3) is 0.435. The number of carbonyl (C=O) groups excluding carboxylic acids is 1. The Labute approximate surface area is 165 Å². The van der Waals surface area contributed by atoms with Gasteiger partial charge in [-0.3, -0.25) is 9.69 Å². The average molecular weight is 378 g/mol. The molecular formula is C23H26N2O3. The van der Waals surface area contributed by atoms with Crippen LogP contribution in [-0.2, 0) is 11.2 Å². The first-order chi connectivity index (χ1) is 13.4. The lowest BCUT2D eigenvalue weighted by Crippen LogP contribution is -2.31. The third-order valence-electron chi connectivity index (χ3n) is 5.91. The normalized spacial score (nSPS) is 19.9. The van der Waals surface area contributed by atoms with Crippen LogP contribution in [0.4, 0.5) is 17.1 Å². The zero-order chi connectivity index (χ0) is 19.5. The molecule has 1 unspecified atom stereocenters. The predicted molar refractivity (Wildman–Crippen MR) is 109 cm³/mol. The Morgan fingerprint density at radius 3 is 2.50 bits per heavy atom. The minimum atomic E-state index is 0.124. The van der Waals surface area contributed by atoms with Crippen LogP contribution in [0.3, 0.4) is 0 Å². The molecule has 2 heterocycles. The summed E-state index contributed by atoms with van der Waals surface area (Å²) in [5.41, 5.74) is 4.38. The van der Waals surface area contributed by atoms with Crippen LogP contribution in [0.5, 0.6) is 11.5 Å². The van der Waals surface area contributed by atoms with Crippen molar-refractivity contribution in [1.29, 1.82) is 0 Å². The van der Waals surface area contributed by atoms with Crippen molar-refractivity contribution in [2.75, 3.05) is 17.0 Å². The number of rotatable bonds is 3. The van der Waals surface area contributed by atoms with Crippen LogP contribution in [0.2, 0.25) is 0 Å². The molecule has 5 heteroatoms. The first-order valence-corrected chi connectivity index (χ1v) is 10.0. The summed E-state index contributed by atoms with van der Waals surface area (Å²) in [6.45, 7) is 7.00. The molecule has 0 bridgehead atoms. The second kappa shape index (κ2) is 6.16. The van der Waals surface area contributed by atoms with Gasteiger partial charge in [-0.15, -0.1) is 0 Å². The van der Waals surface area contributed by atoms with E-state index in [9.17, 15) is 4.79 Å². The lowest BCUT2D eigenvalue weighted by atomic mass is 9.85. The number of anilines is 3. The smallest absolute Gasteiger partial charge is 0.234 e. The van der Waals surface area contributed by atoms with Gasteiger partial charge in [0.2, 0.25) is 12.7 Å². The molecule has 28 heavy (non-hydrogen) atoms. The number of ether oxygens (including phenoxy) is 2. The highest BCUT2D eigenvalue weighted by molar-refractivity contribution is 6.03. The first-order valence-electron chi connectivity index (χ1n) is 10.0. The molecule has 146 valence electrons. The predicted octanol–water partition coefficient (Wildman–Crippen LogP) is 4.87. The van der Waals surface area contributed by atoms with Gasteiger partial charge >= 0.3 is 0 Å². The quantitative estimate of drug-likeness (QED) is 0.828. The summed E-state index contributed by atoms with van der Waals surface area (Å²) in [7, 11) is 0. The van der Waals surface area contributed by atoms with Gasteiger partial charge in [-0.2, -0.15) is 0 Å². The molecule has 1 fully saturated rings. The lowest BCUT2D eigenvalue weighted by Gasteiger charge is -2.27. The van der Waals surface area contributed by atoms with Crippen LogP contribution in [0.1, 0.15) is 39.2 Å². The number of hydrogen-bond donors (Lipinski definition) is 1. The van der Waals surface area contributed by atoms with E-state index in [1.807, 2.05) is 29.2 Å².